The first-order chi connectivity index (χ1) is 9.24. The number of hydrogen-bond acceptors (Lipinski definition) is 4. The number of nitrogens with two attached hydrogens (primary N) is 1. The summed E-state index contributed by atoms with van der Waals surface area (Å²) in [6.45, 7) is 4.93. The summed E-state index contributed by atoms with van der Waals surface area (Å²) in [5.41, 5.74) is 8.02. The summed E-state index contributed by atoms with van der Waals surface area (Å²) in [4.78, 5) is 6.71. The fourth-order valence-corrected chi connectivity index (χ4v) is 2.19. The van der Waals surface area contributed by atoms with Gasteiger partial charge in [0.05, 0.1) is 5.52 Å². The number of para-hydroxylation sites is 1. The maximum atomic E-state index is 8.91. The van der Waals surface area contributed by atoms with Crippen molar-refractivity contribution < 1.29 is 5.11 Å². The van der Waals surface area contributed by atoms with Gasteiger partial charge in [0, 0.05) is 30.6 Å². The molecule has 0 radical (unpaired) electrons. The molecule has 2 rings (SSSR count). The van der Waals surface area contributed by atoms with Crippen molar-refractivity contribution in [2.75, 3.05) is 25.4 Å². The second-order valence-electron chi connectivity index (χ2n) is 4.67. The van der Waals surface area contributed by atoms with Gasteiger partial charge in [-0.1, -0.05) is 25.1 Å². The van der Waals surface area contributed by atoms with E-state index < -0.39 is 0 Å². The summed E-state index contributed by atoms with van der Waals surface area (Å²) in [5.74, 6) is 0.598. The fraction of sp³-hybridized carbons (Fsp3) is 0.400. The van der Waals surface area contributed by atoms with Crippen molar-refractivity contribution in [3.05, 3.63) is 35.9 Å². The monoisotopic (exact) mass is 259 g/mol. The first-order valence-electron chi connectivity index (χ1n) is 6.72. The van der Waals surface area contributed by atoms with E-state index in [9.17, 15) is 0 Å². The van der Waals surface area contributed by atoms with Crippen LogP contribution in [0.25, 0.3) is 10.9 Å². The molecule has 0 atom stereocenters. The van der Waals surface area contributed by atoms with Crippen LogP contribution < -0.4 is 5.73 Å². The molecule has 0 bridgehead atoms. The Morgan fingerprint density at radius 2 is 2.11 bits per heavy atom. The molecule has 0 unspecified atom stereocenters. The van der Waals surface area contributed by atoms with Crippen molar-refractivity contribution in [2.45, 2.75) is 19.9 Å². The summed E-state index contributed by atoms with van der Waals surface area (Å²) in [6.07, 6.45) is 0.786. The first kappa shape index (κ1) is 13.8. The van der Waals surface area contributed by atoms with Crippen molar-refractivity contribution in [3.63, 3.8) is 0 Å². The summed E-state index contributed by atoms with van der Waals surface area (Å²) in [5, 5.41) is 10.0. The van der Waals surface area contributed by atoms with Crippen LogP contribution in [0.3, 0.4) is 0 Å². The highest BCUT2D eigenvalue weighted by molar-refractivity contribution is 5.81. The Kier molecular flexibility index (Phi) is 4.71. The van der Waals surface area contributed by atoms with Crippen LogP contribution in [0.2, 0.25) is 0 Å². The molecule has 102 valence electrons. The van der Waals surface area contributed by atoms with Crippen molar-refractivity contribution in [2.24, 2.45) is 0 Å². The number of rotatable bonds is 6. The zero-order valence-electron chi connectivity index (χ0n) is 11.3. The lowest BCUT2D eigenvalue weighted by atomic mass is 10.1. The van der Waals surface area contributed by atoms with Crippen molar-refractivity contribution in [3.8, 4) is 0 Å². The van der Waals surface area contributed by atoms with E-state index in [-0.39, 0.29) is 6.61 Å². The van der Waals surface area contributed by atoms with Crippen LogP contribution in [0, 0.1) is 0 Å². The van der Waals surface area contributed by atoms with Gasteiger partial charge in [-0.25, -0.2) is 4.98 Å². The van der Waals surface area contributed by atoms with E-state index in [2.05, 4.69) is 28.9 Å². The molecule has 0 spiro atoms. The second-order valence-corrected chi connectivity index (χ2v) is 4.67. The number of anilines is 1. The van der Waals surface area contributed by atoms with E-state index >= 15 is 0 Å². The number of benzene rings is 1. The number of aliphatic hydroxyl groups is 1. The molecule has 0 amide bonds. The molecular formula is C15H21N3O. The lowest BCUT2D eigenvalue weighted by Crippen LogP contribution is -2.25. The Bertz CT molecular complexity index is 542. The van der Waals surface area contributed by atoms with Crippen LogP contribution in [0.4, 0.5) is 5.82 Å². The van der Waals surface area contributed by atoms with E-state index in [1.54, 1.807) is 0 Å². The van der Waals surface area contributed by atoms with Crippen LogP contribution in [0.1, 0.15) is 18.9 Å². The van der Waals surface area contributed by atoms with Crippen LogP contribution >= 0.6 is 0 Å². The minimum absolute atomic E-state index is 0.224. The third-order valence-electron chi connectivity index (χ3n) is 3.31. The van der Waals surface area contributed by atoms with Gasteiger partial charge in [0.2, 0.25) is 0 Å². The van der Waals surface area contributed by atoms with Gasteiger partial charge in [0.15, 0.2) is 0 Å². The van der Waals surface area contributed by atoms with Gasteiger partial charge in [-0.2, -0.15) is 0 Å². The van der Waals surface area contributed by atoms with Crippen LogP contribution in [0.5, 0.6) is 0 Å². The van der Waals surface area contributed by atoms with Crippen molar-refractivity contribution in [1.82, 2.24) is 9.88 Å². The summed E-state index contributed by atoms with van der Waals surface area (Å²) >= 11 is 0. The number of fused-ring (bicyclic) bond motifs is 1. The zero-order chi connectivity index (χ0) is 13.7. The van der Waals surface area contributed by atoms with Gasteiger partial charge < -0.3 is 10.8 Å². The molecule has 1 heterocycles. The van der Waals surface area contributed by atoms with Crippen molar-refractivity contribution in [1.29, 1.82) is 0 Å². The number of hydrogen-bond donors (Lipinski definition) is 2. The molecule has 19 heavy (non-hydrogen) atoms. The van der Waals surface area contributed by atoms with Gasteiger partial charge in [-0.3, -0.25) is 4.90 Å². The van der Waals surface area contributed by atoms with Gasteiger partial charge in [0.25, 0.3) is 0 Å². The zero-order valence-corrected chi connectivity index (χ0v) is 11.3. The Morgan fingerprint density at radius 1 is 1.32 bits per heavy atom. The predicted octanol–water partition coefficient (Wildman–Crippen LogP) is 2.02. The number of nitrogen functional groups attached to an aromatic ring is 1. The highest BCUT2D eigenvalue weighted by atomic mass is 16.3. The molecule has 2 aromatic rings. The molecule has 1 aromatic heterocycles. The molecule has 4 heteroatoms. The number of aromatic nitrogens is 1. The molecule has 0 aliphatic rings. The van der Waals surface area contributed by atoms with E-state index in [0.717, 1.165) is 42.5 Å². The molecule has 1 aromatic carbocycles. The van der Waals surface area contributed by atoms with Gasteiger partial charge >= 0.3 is 0 Å². The summed E-state index contributed by atoms with van der Waals surface area (Å²) in [7, 11) is 0. The molecule has 0 saturated carbocycles. The van der Waals surface area contributed by atoms with Gasteiger partial charge in [-0.15, -0.1) is 0 Å². The molecule has 4 nitrogen and oxygen atoms in total. The van der Waals surface area contributed by atoms with E-state index in [4.69, 9.17) is 10.8 Å². The molecule has 0 saturated heterocycles. The Hall–Kier alpha value is -1.65. The van der Waals surface area contributed by atoms with E-state index in [0.29, 0.717) is 5.82 Å². The fourth-order valence-electron chi connectivity index (χ4n) is 2.19. The first-order valence-corrected chi connectivity index (χ1v) is 6.72. The average molecular weight is 259 g/mol. The normalized spacial score (nSPS) is 11.3. The van der Waals surface area contributed by atoms with Gasteiger partial charge in [-0.05, 0) is 25.1 Å². The minimum Gasteiger partial charge on any atom is -0.396 e. The maximum absolute atomic E-state index is 8.91. The smallest absolute Gasteiger partial charge is 0.128 e. The molecule has 0 fully saturated rings. The minimum atomic E-state index is 0.224. The Balaban J connectivity index is 2.21. The Morgan fingerprint density at radius 3 is 2.84 bits per heavy atom. The molecular weight excluding hydrogens is 238 g/mol. The predicted molar refractivity (Wildman–Crippen MR) is 78.8 cm³/mol. The van der Waals surface area contributed by atoms with E-state index in [1.165, 1.54) is 0 Å². The highest BCUT2D eigenvalue weighted by Gasteiger charge is 2.08. The second kappa shape index (κ2) is 6.50. The summed E-state index contributed by atoms with van der Waals surface area (Å²) < 4.78 is 0. The van der Waals surface area contributed by atoms with Crippen LogP contribution in [-0.2, 0) is 6.54 Å². The maximum Gasteiger partial charge on any atom is 0.128 e. The molecule has 3 N–H and O–H groups in total. The van der Waals surface area contributed by atoms with Crippen LogP contribution in [-0.4, -0.2) is 34.7 Å². The number of nitrogens with zero attached hydrogens (tertiary/aromatic N) is 2. The van der Waals surface area contributed by atoms with Crippen LogP contribution in [0.15, 0.2) is 30.3 Å². The standard InChI is InChI=1S/C15H21N3O/c1-2-18(8-5-9-19)11-13-10-12-6-3-4-7-14(12)17-15(13)16/h3-4,6-7,10,19H,2,5,8-9,11H2,1H3,(H2,16,17). The third-order valence-corrected chi connectivity index (χ3v) is 3.31. The Labute approximate surface area is 113 Å². The average Bonchev–Trinajstić information content (AvgIpc) is 2.43. The van der Waals surface area contributed by atoms with Crippen molar-refractivity contribution >= 4 is 16.7 Å². The number of pyridine rings is 1. The topological polar surface area (TPSA) is 62.4 Å². The lowest BCUT2D eigenvalue weighted by molar-refractivity contribution is 0.225. The van der Waals surface area contributed by atoms with E-state index in [1.807, 2.05) is 18.2 Å². The van der Waals surface area contributed by atoms with Gasteiger partial charge in [0.1, 0.15) is 5.82 Å². The molecule has 0 aliphatic heterocycles. The molecule has 0 aliphatic carbocycles. The SMILES string of the molecule is CCN(CCCO)Cc1cc2ccccc2nc1N. The third kappa shape index (κ3) is 3.43. The lowest BCUT2D eigenvalue weighted by Gasteiger charge is -2.20. The number of aliphatic hydroxyl groups excluding tert-OH is 1. The highest BCUT2D eigenvalue weighted by Crippen LogP contribution is 2.19. The largest absolute Gasteiger partial charge is 0.396 e. The summed E-state index contributed by atoms with van der Waals surface area (Å²) in [6, 6.07) is 10.1. The quantitative estimate of drug-likeness (QED) is 0.833.